The Kier molecular flexibility index (Phi) is 9.25. The number of fused-ring (bicyclic) bond motifs is 2. The van der Waals surface area contributed by atoms with Crippen LogP contribution >= 0.6 is 22.6 Å². The number of carbonyl (C=O) groups excluding carboxylic acids is 2. The highest BCUT2D eigenvalue weighted by atomic mass is 127. The summed E-state index contributed by atoms with van der Waals surface area (Å²) in [5, 5.41) is 0. The first-order valence-corrected chi connectivity index (χ1v) is 20.4. The van der Waals surface area contributed by atoms with Crippen molar-refractivity contribution in [1.82, 2.24) is 0 Å². The van der Waals surface area contributed by atoms with E-state index >= 15 is 4.79 Å². The molecule has 6 aliphatic rings. The van der Waals surface area contributed by atoms with E-state index < -0.39 is 40.7 Å². The minimum atomic E-state index is -1.13. The fourth-order valence-corrected chi connectivity index (χ4v) is 12.8. The second-order valence-corrected chi connectivity index (χ2v) is 16.9. The van der Waals surface area contributed by atoms with Gasteiger partial charge >= 0.3 is 11.9 Å². The summed E-state index contributed by atoms with van der Waals surface area (Å²) >= 11 is 2.38. The quantitative estimate of drug-likeness (QED) is 0.104. The maximum Gasteiger partial charge on any atom is 0.318 e. The Bertz CT molecular complexity index is 1570. The summed E-state index contributed by atoms with van der Waals surface area (Å²) in [6.45, 7) is 9.98. The van der Waals surface area contributed by atoms with Gasteiger partial charge in [-0.2, -0.15) is 0 Å². The van der Waals surface area contributed by atoms with Gasteiger partial charge in [-0.15, -0.1) is 0 Å². The summed E-state index contributed by atoms with van der Waals surface area (Å²) in [7, 11) is 0. The van der Waals surface area contributed by atoms with Crippen molar-refractivity contribution in [1.29, 1.82) is 0 Å². The molecule has 50 heavy (non-hydrogen) atoms. The lowest BCUT2D eigenvalue weighted by atomic mass is 9.40. The van der Waals surface area contributed by atoms with Crippen molar-refractivity contribution in [3.8, 4) is 0 Å². The SMILES string of the molecule is CCOC(=O)C1CC(CI)OC1C12C[C@@H]3[C@H](C)CC[C@H]3C3(C4OCCO4)CC1C=C(C(C)C)C23C(=O)OC(c1ccccc1)c1ccccc1. The van der Waals surface area contributed by atoms with Gasteiger partial charge in [0.25, 0.3) is 0 Å². The van der Waals surface area contributed by atoms with Gasteiger partial charge in [-0.05, 0) is 73.3 Å². The summed E-state index contributed by atoms with van der Waals surface area (Å²) in [6.07, 6.45) is 4.90. The van der Waals surface area contributed by atoms with E-state index in [1.165, 1.54) is 0 Å². The van der Waals surface area contributed by atoms with Crippen LogP contribution < -0.4 is 0 Å². The molecule has 8 heteroatoms. The number of rotatable bonds is 10. The fraction of sp³-hybridized carbons (Fsp3) is 0.619. The molecular weight excluding hydrogens is 743 g/mol. The third-order valence-electron chi connectivity index (χ3n) is 13.7. The normalized spacial score (nSPS) is 38.9. The van der Waals surface area contributed by atoms with E-state index in [1.54, 1.807) is 0 Å². The Hall–Kier alpha value is -2.27. The largest absolute Gasteiger partial charge is 0.466 e. The molecule has 2 aromatic rings. The van der Waals surface area contributed by atoms with Crippen LogP contribution in [-0.2, 0) is 33.3 Å². The number of esters is 2. The summed E-state index contributed by atoms with van der Waals surface area (Å²) in [5.41, 5.74) is 0.430. The molecule has 4 bridgehead atoms. The van der Waals surface area contributed by atoms with E-state index in [1.807, 2.05) is 67.6 Å². The maximum atomic E-state index is 16.3. The zero-order chi connectivity index (χ0) is 34.8. The van der Waals surface area contributed by atoms with Crippen molar-refractivity contribution < 1.29 is 33.3 Å². The Morgan fingerprint density at radius 1 is 0.940 bits per heavy atom. The monoisotopic (exact) mass is 794 g/mol. The Labute approximate surface area is 310 Å². The Morgan fingerprint density at radius 3 is 2.20 bits per heavy atom. The third-order valence-corrected chi connectivity index (χ3v) is 14.7. The van der Waals surface area contributed by atoms with Gasteiger partial charge < -0.3 is 23.7 Å². The Balaban J connectivity index is 1.38. The van der Waals surface area contributed by atoms with E-state index in [0.29, 0.717) is 38.1 Å². The zero-order valence-electron chi connectivity index (χ0n) is 29.7. The molecule has 5 fully saturated rings. The Morgan fingerprint density at radius 2 is 1.60 bits per heavy atom. The lowest BCUT2D eigenvalue weighted by Gasteiger charge is -2.63. The molecular formula is C42H51IO7. The molecule has 0 radical (unpaired) electrons. The van der Waals surface area contributed by atoms with E-state index in [2.05, 4.69) is 49.4 Å². The molecule has 0 aromatic heterocycles. The van der Waals surface area contributed by atoms with Gasteiger partial charge in [0.1, 0.15) is 5.41 Å². The number of hydrogen-bond acceptors (Lipinski definition) is 7. The summed E-state index contributed by atoms with van der Waals surface area (Å²) in [4.78, 5) is 30.4. The average molecular weight is 795 g/mol. The number of ether oxygens (including phenoxy) is 5. The van der Waals surface area contributed by atoms with Crippen molar-refractivity contribution in [2.24, 2.45) is 51.8 Å². The van der Waals surface area contributed by atoms with Crippen LogP contribution in [-0.4, -0.2) is 54.7 Å². The highest BCUT2D eigenvalue weighted by molar-refractivity contribution is 14.1. The number of hydrogen-bond donors (Lipinski definition) is 0. The zero-order valence-corrected chi connectivity index (χ0v) is 31.9. The van der Waals surface area contributed by atoms with Crippen molar-refractivity contribution in [2.75, 3.05) is 24.2 Å². The third kappa shape index (κ3) is 4.75. The minimum Gasteiger partial charge on any atom is -0.466 e. The van der Waals surface area contributed by atoms with Gasteiger partial charge in [-0.1, -0.05) is 122 Å². The van der Waals surface area contributed by atoms with Crippen LogP contribution in [0.4, 0.5) is 0 Å². The van der Waals surface area contributed by atoms with Crippen LogP contribution in [0.15, 0.2) is 72.3 Å². The predicted octanol–water partition coefficient (Wildman–Crippen LogP) is 8.11. The van der Waals surface area contributed by atoms with Crippen LogP contribution in [0, 0.1) is 51.8 Å². The topological polar surface area (TPSA) is 80.3 Å². The number of allylic oxidation sites excluding steroid dienone is 1. The van der Waals surface area contributed by atoms with E-state index in [0.717, 1.165) is 46.8 Å². The van der Waals surface area contributed by atoms with Crippen molar-refractivity contribution in [2.45, 2.75) is 84.4 Å². The lowest BCUT2D eigenvalue weighted by molar-refractivity contribution is -0.258. The average Bonchev–Trinajstić information content (AvgIpc) is 3.96. The standard InChI is InChI=1S/C42H51IO7/c1-5-46-37(44)31-21-30(24-43)49-36(31)40-23-32-26(4)16-17-33(32)41(39-47-18-19-48-39)22-29(40)20-34(25(2)3)42(40,41)38(45)50-35(27-12-8-6-9-13-27)28-14-10-7-11-15-28/h6-15,20,25-26,29-33,35-36,39H,5,16-19,21-24H2,1-4H3/t26-,29?,30?,31?,32-,33-,36?,40?,41?,42?/m1/s1. The lowest BCUT2D eigenvalue weighted by Crippen LogP contribution is -2.69. The van der Waals surface area contributed by atoms with Crippen LogP contribution in [0.25, 0.3) is 0 Å². The van der Waals surface area contributed by atoms with Gasteiger partial charge in [0.05, 0.1) is 37.9 Å². The molecule has 7 nitrogen and oxygen atoms in total. The van der Waals surface area contributed by atoms with Gasteiger partial charge in [-0.3, -0.25) is 9.59 Å². The highest BCUT2D eigenvalue weighted by Crippen LogP contribution is 2.86. The number of alkyl halides is 1. The molecule has 3 saturated carbocycles. The van der Waals surface area contributed by atoms with Crippen LogP contribution in [0.3, 0.4) is 0 Å². The molecule has 0 N–H and O–H groups in total. The minimum absolute atomic E-state index is 0.000150. The van der Waals surface area contributed by atoms with Gasteiger partial charge in [0.2, 0.25) is 0 Å². The smallest absolute Gasteiger partial charge is 0.318 e. The van der Waals surface area contributed by atoms with Crippen LogP contribution in [0.5, 0.6) is 0 Å². The molecule has 0 spiro atoms. The first kappa shape index (κ1) is 34.8. The fourth-order valence-electron chi connectivity index (χ4n) is 12.2. The van der Waals surface area contributed by atoms with Crippen LogP contribution in [0.2, 0.25) is 0 Å². The second kappa shape index (κ2) is 13.3. The van der Waals surface area contributed by atoms with Gasteiger partial charge in [-0.25, -0.2) is 0 Å². The first-order chi connectivity index (χ1) is 24.2. The summed E-state index contributed by atoms with van der Waals surface area (Å²) in [6, 6.07) is 20.2. The molecule has 7 unspecified atom stereocenters. The first-order valence-electron chi connectivity index (χ1n) is 18.9. The number of halogens is 1. The predicted molar refractivity (Wildman–Crippen MR) is 197 cm³/mol. The van der Waals surface area contributed by atoms with Gasteiger partial charge in [0, 0.05) is 15.3 Å². The van der Waals surface area contributed by atoms with Crippen LogP contribution in [0.1, 0.15) is 77.0 Å². The highest BCUT2D eigenvalue weighted by Gasteiger charge is 2.89. The summed E-state index contributed by atoms with van der Waals surface area (Å²) in [5.74, 6) is 0.165. The van der Waals surface area contributed by atoms with Gasteiger partial charge in [0.15, 0.2) is 12.4 Å². The van der Waals surface area contributed by atoms with E-state index in [-0.39, 0.29) is 35.8 Å². The number of carbonyl (C=O) groups is 2. The molecule has 268 valence electrons. The summed E-state index contributed by atoms with van der Waals surface area (Å²) < 4.78 is 34.2. The van der Waals surface area contributed by atoms with E-state index in [9.17, 15) is 4.79 Å². The molecule has 2 aromatic carbocycles. The molecule has 0 amide bonds. The molecule has 10 atom stereocenters. The molecule has 8 rings (SSSR count). The molecule has 2 aliphatic heterocycles. The molecule has 2 heterocycles. The van der Waals surface area contributed by atoms with Crippen molar-refractivity contribution >= 4 is 34.5 Å². The second-order valence-electron chi connectivity index (χ2n) is 16.1. The number of benzene rings is 2. The van der Waals surface area contributed by atoms with E-state index in [4.69, 9.17) is 23.7 Å². The van der Waals surface area contributed by atoms with Crippen molar-refractivity contribution in [3.05, 3.63) is 83.4 Å². The van der Waals surface area contributed by atoms with Crippen molar-refractivity contribution in [3.63, 3.8) is 0 Å². The maximum absolute atomic E-state index is 16.3. The molecule has 4 aliphatic carbocycles. The molecule has 2 saturated heterocycles.